The molecule has 1 aliphatic carbocycles. The molecule has 0 fully saturated rings. The van der Waals surface area contributed by atoms with Gasteiger partial charge in [0.2, 0.25) is 0 Å². The predicted molar refractivity (Wildman–Crippen MR) is 75.1 cm³/mol. The normalized spacial score (nSPS) is 18.6. The molecule has 118 valence electrons. The van der Waals surface area contributed by atoms with Gasteiger partial charge >= 0.3 is 6.18 Å². The molecular formula is C15H22F3N3. The first-order valence-electron chi connectivity index (χ1n) is 7.59. The van der Waals surface area contributed by atoms with Crippen molar-refractivity contribution in [3.63, 3.8) is 0 Å². The van der Waals surface area contributed by atoms with Crippen molar-refractivity contribution < 1.29 is 13.2 Å². The Balaban J connectivity index is 1.91. The van der Waals surface area contributed by atoms with Crippen LogP contribution >= 0.6 is 0 Å². The molecule has 1 aromatic heterocycles. The molecule has 1 N–H and O–H groups in total. The zero-order valence-corrected chi connectivity index (χ0v) is 12.3. The molecule has 0 saturated heterocycles. The summed E-state index contributed by atoms with van der Waals surface area (Å²) < 4.78 is 36.7. The monoisotopic (exact) mass is 301 g/mol. The number of nitrogens with one attached hydrogen (secondary N) is 1. The van der Waals surface area contributed by atoms with Gasteiger partial charge in [0.1, 0.15) is 5.82 Å². The minimum Gasteiger partial charge on any atom is -0.316 e. The lowest BCUT2D eigenvalue weighted by atomic mass is 9.87. The second-order valence-corrected chi connectivity index (χ2v) is 5.69. The third-order valence-corrected chi connectivity index (χ3v) is 3.79. The van der Waals surface area contributed by atoms with Gasteiger partial charge in [0.15, 0.2) is 0 Å². The second-order valence-electron chi connectivity index (χ2n) is 5.69. The van der Waals surface area contributed by atoms with Crippen LogP contribution in [0, 0.1) is 5.92 Å². The lowest BCUT2D eigenvalue weighted by molar-refractivity contribution is -0.134. The molecule has 1 aromatic rings. The number of hydrogen-bond acceptors (Lipinski definition) is 3. The summed E-state index contributed by atoms with van der Waals surface area (Å²) in [5.41, 5.74) is 2.04. The molecule has 21 heavy (non-hydrogen) atoms. The molecule has 1 aliphatic rings. The van der Waals surface area contributed by atoms with Gasteiger partial charge in [-0.2, -0.15) is 13.2 Å². The van der Waals surface area contributed by atoms with Crippen LogP contribution in [0.5, 0.6) is 0 Å². The van der Waals surface area contributed by atoms with Gasteiger partial charge in [-0.1, -0.05) is 6.92 Å². The van der Waals surface area contributed by atoms with Crippen molar-refractivity contribution in [3.05, 3.63) is 23.3 Å². The molecule has 0 aromatic carbocycles. The highest BCUT2D eigenvalue weighted by Gasteiger charge is 2.27. The Labute approximate surface area is 123 Å². The van der Waals surface area contributed by atoms with Crippen LogP contribution in [-0.4, -0.2) is 29.2 Å². The molecule has 3 nitrogen and oxygen atoms in total. The topological polar surface area (TPSA) is 37.8 Å². The van der Waals surface area contributed by atoms with E-state index in [9.17, 15) is 13.2 Å². The molecule has 0 amide bonds. The van der Waals surface area contributed by atoms with Gasteiger partial charge in [0.25, 0.3) is 0 Å². The molecule has 0 aliphatic heterocycles. The summed E-state index contributed by atoms with van der Waals surface area (Å²) in [5.74, 6) is 0.891. The maximum atomic E-state index is 12.2. The number of aromatic nitrogens is 2. The van der Waals surface area contributed by atoms with Gasteiger partial charge in [0.05, 0.1) is 6.42 Å². The number of fused-ring (bicyclic) bond motifs is 1. The van der Waals surface area contributed by atoms with E-state index in [1.54, 1.807) is 6.20 Å². The van der Waals surface area contributed by atoms with Crippen molar-refractivity contribution in [1.29, 1.82) is 0 Å². The second kappa shape index (κ2) is 7.20. The Kier molecular flexibility index (Phi) is 5.56. The van der Waals surface area contributed by atoms with E-state index in [0.717, 1.165) is 50.0 Å². The first kappa shape index (κ1) is 16.2. The predicted octanol–water partition coefficient (Wildman–Crippen LogP) is 3.08. The van der Waals surface area contributed by atoms with E-state index in [1.165, 1.54) is 0 Å². The average molecular weight is 301 g/mol. The minimum absolute atomic E-state index is 0.127. The standard InChI is InChI=1S/C15H22F3N3/c1-2-7-19-9-11-3-4-13-12(8-11)10-20-14(21-13)5-6-15(16,17)18/h10-11,19H,2-9H2,1H3. The fourth-order valence-electron chi connectivity index (χ4n) is 2.66. The molecule has 1 unspecified atom stereocenters. The third-order valence-electron chi connectivity index (χ3n) is 3.79. The van der Waals surface area contributed by atoms with Gasteiger partial charge in [-0.15, -0.1) is 0 Å². The van der Waals surface area contributed by atoms with E-state index < -0.39 is 12.6 Å². The lowest BCUT2D eigenvalue weighted by Gasteiger charge is -2.24. The van der Waals surface area contributed by atoms with Crippen molar-refractivity contribution in [3.8, 4) is 0 Å². The maximum absolute atomic E-state index is 12.2. The Morgan fingerprint density at radius 1 is 1.38 bits per heavy atom. The van der Waals surface area contributed by atoms with Crippen LogP contribution in [0.25, 0.3) is 0 Å². The van der Waals surface area contributed by atoms with E-state index in [0.29, 0.717) is 11.7 Å². The van der Waals surface area contributed by atoms with Crippen LogP contribution in [0.15, 0.2) is 6.20 Å². The van der Waals surface area contributed by atoms with E-state index in [2.05, 4.69) is 22.2 Å². The highest BCUT2D eigenvalue weighted by Crippen LogP contribution is 2.25. The highest BCUT2D eigenvalue weighted by molar-refractivity contribution is 5.21. The van der Waals surface area contributed by atoms with Gasteiger partial charge < -0.3 is 5.32 Å². The van der Waals surface area contributed by atoms with Gasteiger partial charge in [-0.25, -0.2) is 9.97 Å². The summed E-state index contributed by atoms with van der Waals surface area (Å²) in [4.78, 5) is 8.41. The summed E-state index contributed by atoms with van der Waals surface area (Å²) in [7, 11) is 0. The van der Waals surface area contributed by atoms with Crippen LogP contribution in [0.4, 0.5) is 13.2 Å². The van der Waals surface area contributed by atoms with E-state index in [1.807, 2.05) is 0 Å². The highest BCUT2D eigenvalue weighted by atomic mass is 19.4. The van der Waals surface area contributed by atoms with Crippen LogP contribution in [-0.2, 0) is 19.3 Å². The summed E-state index contributed by atoms with van der Waals surface area (Å²) in [6.45, 7) is 4.15. The van der Waals surface area contributed by atoms with Crippen molar-refractivity contribution in [2.45, 2.75) is 51.6 Å². The fraction of sp³-hybridized carbons (Fsp3) is 0.733. The molecule has 0 spiro atoms. The largest absolute Gasteiger partial charge is 0.389 e. The molecule has 2 rings (SSSR count). The lowest BCUT2D eigenvalue weighted by Crippen LogP contribution is -2.28. The molecule has 1 heterocycles. The summed E-state index contributed by atoms with van der Waals surface area (Å²) in [6.07, 6.45) is 0.526. The van der Waals surface area contributed by atoms with Crippen LogP contribution in [0.1, 0.15) is 43.3 Å². The zero-order valence-electron chi connectivity index (χ0n) is 12.3. The van der Waals surface area contributed by atoms with Crippen LogP contribution in [0.3, 0.4) is 0 Å². The fourth-order valence-corrected chi connectivity index (χ4v) is 2.66. The van der Waals surface area contributed by atoms with Crippen LogP contribution < -0.4 is 5.32 Å². The third kappa shape index (κ3) is 5.26. The number of nitrogens with zero attached hydrogens (tertiary/aromatic N) is 2. The summed E-state index contributed by atoms with van der Waals surface area (Å²) in [5, 5.41) is 3.42. The molecule has 1 atom stereocenters. The Hall–Kier alpha value is -1.17. The van der Waals surface area contributed by atoms with Crippen molar-refractivity contribution >= 4 is 0 Å². The van der Waals surface area contributed by atoms with E-state index in [-0.39, 0.29) is 6.42 Å². The molecule has 6 heteroatoms. The number of hydrogen-bond donors (Lipinski definition) is 1. The van der Waals surface area contributed by atoms with E-state index >= 15 is 0 Å². The summed E-state index contributed by atoms with van der Waals surface area (Å²) >= 11 is 0. The average Bonchev–Trinajstić information content (AvgIpc) is 2.44. The Bertz CT molecular complexity index is 460. The number of alkyl halides is 3. The van der Waals surface area contributed by atoms with Gasteiger partial charge in [-0.05, 0) is 50.3 Å². The zero-order chi connectivity index (χ0) is 15.3. The van der Waals surface area contributed by atoms with Crippen molar-refractivity contribution in [2.75, 3.05) is 13.1 Å². The number of rotatable bonds is 6. The SMILES string of the molecule is CCCNCC1CCc2nc(CCC(F)(F)F)ncc2C1. The minimum atomic E-state index is -4.14. The summed E-state index contributed by atoms with van der Waals surface area (Å²) in [6, 6.07) is 0. The maximum Gasteiger partial charge on any atom is 0.389 e. The number of aryl methyl sites for hydroxylation is 2. The van der Waals surface area contributed by atoms with Gasteiger partial charge in [-0.3, -0.25) is 0 Å². The molecular weight excluding hydrogens is 279 g/mol. The Morgan fingerprint density at radius 3 is 2.90 bits per heavy atom. The molecule has 0 saturated carbocycles. The first-order chi connectivity index (χ1) is 9.98. The van der Waals surface area contributed by atoms with E-state index in [4.69, 9.17) is 0 Å². The quantitative estimate of drug-likeness (QED) is 0.821. The number of halogens is 3. The van der Waals surface area contributed by atoms with Gasteiger partial charge in [0, 0.05) is 18.3 Å². The smallest absolute Gasteiger partial charge is 0.316 e. The van der Waals surface area contributed by atoms with Crippen molar-refractivity contribution in [2.24, 2.45) is 5.92 Å². The van der Waals surface area contributed by atoms with Crippen molar-refractivity contribution in [1.82, 2.24) is 15.3 Å². The molecule has 0 bridgehead atoms. The van der Waals surface area contributed by atoms with Crippen LogP contribution in [0.2, 0.25) is 0 Å². The Morgan fingerprint density at radius 2 is 2.19 bits per heavy atom. The first-order valence-corrected chi connectivity index (χ1v) is 7.59. The molecule has 0 radical (unpaired) electrons.